The highest BCUT2D eigenvalue weighted by atomic mass is 31.4. The van der Waals surface area contributed by atoms with Gasteiger partial charge < -0.3 is 0 Å². The second kappa shape index (κ2) is 7.66. The van der Waals surface area contributed by atoms with Crippen LogP contribution in [-0.2, 0) is 62.3 Å². The van der Waals surface area contributed by atoms with Gasteiger partial charge in [-0.3, -0.25) is 13.6 Å². The lowest BCUT2D eigenvalue weighted by atomic mass is 10.9. The summed E-state index contributed by atoms with van der Waals surface area (Å²) in [6.45, 7) is 6.21. The van der Waals surface area contributed by atoms with E-state index in [1.165, 1.54) is 0 Å². The molecular formula is C6H15O14P5. The van der Waals surface area contributed by atoms with Crippen molar-refractivity contribution in [3.05, 3.63) is 0 Å². The number of hydrogen-bond acceptors (Lipinski definition) is 14. The Morgan fingerprint density at radius 1 is 0.600 bits per heavy atom. The van der Waals surface area contributed by atoms with Crippen molar-refractivity contribution in [2.24, 2.45) is 0 Å². The van der Waals surface area contributed by atoms with Gasteiger partial charge in [0.25, 0.3) is 0 Å². The minimum Gasteiger partial charge on any atom is -0.287 e. The highest BCUT2D eigenvalue weighted by Crippen LogP contribution is 2.99. The maximum absolute atomic E-state index is 11.3. The van der Waals surface area contributed by atoms with E-state index in [0.29, 0.717) is 19.8 Å². The predicted molar refractivity (Wildman–Crippen MR) is 79.4 cm³/mol. The molecule has 0 aromatic rings. The van der Waals surface area contributed by atoms with Gasteiger partial charge in [0.05, 0.1) is 19.8 Å². The fourth-order valence-corrected chi connectivity index (χ4v) is 13.2. The summed E-state index contributed by atoms with van der Waals surface area (Å²) in [5, 5.41) is 0. The van der Waals surface area contributed by atoms with Gasteiger partial charge in [-0.1, -0.05) is 0 Å². The van der Waals surface area contributed by atoms with Crippen molar-refractivity contribution in [3.8, 4) is 0 Å². The Morgan fingerprint density at radius 2 is 0.800 bits per heavy atom. The molecule has 4 aliphatic heterocycles. The average molecular weight is 466 g/mol. The van der Waals surface area contributed by atoms with Crippen LogP contribution in [0.15, 0.2) is 0 Å². The minimum absolute atomic E-state index is 0.331. The summed E-state index contributed by atoms with van der Waals surface area (Å²) >= 11 is 0. The van der Waals surface area contributed by atoms with Crippen molar-refractivity contribution in [3.63, 3.8) is 0 Å². The molecule has 0 aromatic heterocycles. The van der Waals surface area contributed by atoms with Gasteiger partial charge in [-0.2, -0.15) is 25.9 Å². The third kappa shape index (κ3) is 5.41. The summed E-state index contributed by atoms with van der Waals surface area (Å²) in [5.41, 5.74) is 0. The van der Waals surface area contributed by atoms with Gasteiger partial charge in [0, 0.05) is 0 Å². The molecule has 4 aliphatic rings. The van der Waals surface area contributed by atoms with Gasteiger partial charge in [-0.05, 0) is 20.8 Å². The molecule has 4 fully saturated rings. The third-order valence-corrected chi connectivity index (χ3v) is 13.4. The van der Waals surface area contributed by atoms with E-state index in [9.17, 15) is 22.8 Å². The number of hydrogen-bond donors (Lipinski definition) is 0. The van der Waals surface area contributed by atoms with Crippen LogP contribution in [0.2, 0.25) is 0 Å². The van der Waals surface area contributed by atoms with Crippen LogP contribution in [0.5, 0.6) is 0 Å². The van der Waals surface area contributed by atoms with Crippen LogP contribution in [0.3, 0.4) is 0 Å². The number of phosphoric acid groups is 5. The summed E-state index contributed by atoms with van der Waals surface area (Å²) in [5.74, 6) is 0. The molecule has 25 heavy (non-hydrogen) atoms. The van der Waals surface area contributed by atoms with Gasteiger partial charge in [-0.15, -0.1) is 0 Å². The van der Waals surface area contributed by atoms with Crippen molar-refractivity contribution >= 4 is 39.1 Å². The molecule has 0 radical (unpaired) electrons. The van der Waals surface area contributed by atoms with Gasteiger partial charge in [0.1, 0.15) is 0 Å². The highest BCUT2D eigenvalue weighted by Gasteiger charge is 2.74. The van der Waals surface area contributed by atoms with Crippen molar-refractivity contribution < 1.29 is 62.3 Å². The van der Waals surface area contributed by atoms with Crippen LogP contribution in [0.1, 0.15) is 20.8 Å². The Balaban J connectivity index is 0.000000188. The summed E-state index contributed by atoms with van der Waals surface area (Å²) < 4.78 is 95.8. The quantitative estimate of drug-likeness (QED) is 0.491. The number of phosphoric ester groups is 1. The second-order valence-corrected chi connectivity index (χ2v) is 13.1. The van der Waals surface area contributed by atoms with E-state index in [-0.39, 0.29) is 0 Å². The van der Waals surface area contributed by atoms with Gasteiger partial charge in [0.15, 0.2) is 0 Å². The van der Waals surface area contributed by atoms with E-state index < -0.39 is 39.1 Å². The predicted octanol–water partition coefficient (Wildman–Crippen LogP) is 4.76. The van der Waals surface area contributed by atoms with Crippen LogP contribution in [0.4, 0.5) is 0 Å². The highest BCUT2D eigenvalue weighted by molar-refractivity contribution is 7.88. The molecule has 0 unspecified atom stereocenters. The first-order valence-corrected chi connectivity index (χ1v) is 13.9. The van der Waals surface area contributed by atoms with Gasteiger partial charge >= 0.3 is 39.1 Å². The topological polar surface area (TPSA) is 168 Å². The van der Waals surface area contributed by atoms with Crippen LogP contribution < -0.4 is 0 Å². The molecule has 0 N–H and O–H groups in total. The molecule has 4 saturated heterocycles. The Bertz CT molecular complexity index is 568. The molecular weight excluding hydrogens is 451 g/mol. The van der Waals surface area contributed by atoms with Crippen molar-refractivity contribution in [2.75, 3.05) is 19.8 Å². The van der Waals surface area contributed by atoms with Crippen LogP contribution in [-0.4, -0.2) is 19.8 Å². The van der Waals surface area contributed by atoms with Crippen LogP contribution in [0.25, 0.3) is 0 Å². The molecule has 4 bridgehead atoms. The standard InChI is InChI=1S/C6H15O4P.O10P4/c1-4-8-11(7,9-5-2)10-6-3;1-11-5-12(2)8-13(3,6-11)10-14(4,7-11)9-12/h4-6H2,1-3H3;. The first kappa shape index (κ1) is 22.1. The Morgan fingerprint density at radius 3 is 0.960 bits per heavy atom. The molecule has 0 aliphatic carbocycles. The lowest BCUT2D eigenvalue weighted by Crippen LogP contribution is -2.19. The fourth-order valence-electron chi connectivity index (χ4n) is 1.50. The maximum atomic E-state index is 11.3. The molecule has 19 heteroatoms. The third-order valence-electron chi connectivity index (χ3n) is 2.06. The van der Waals surface area contributed by atoms with E-state index in [0.717, 1.165) is 0 Å². The van der Waals surface area contributed by atoms with E-state index in [4.69, 9.17) is 13.6 Å². The minimum atomic E-state index is -4.43. The smallest absolute Gasteiger partial charge is 0.287 e. The monoisotopic (exact) mass is 466 g/mol. The number of rotatable bonds is 6. The Labute approximate surface area is 142 Å². The zero-order valence-electron chi connectivity index (χ0n) is 13.1. The molecule has 0 spiro atoms. The largest absolute Gasteiger partial charge is 0.501 e. The summed E-state index contributed by atoms with van der Waals surface area (Å²) in [7, 11) is -20.9. The molecule has 4 rings (SSSR count). The fraction of sp³-hybridized carbons (Fsp3) is 1.00. The first-order valence-electron chi connectivity index (χ1n) is 6.64. The van der Waals surface area contributed by atoms with Gasteiger partial charge in [0.2, 0.25) is 0 Å². The molecule has 0 saturated carbocycles. The normalized spacial score (nSPS) is 42.0. The van der Waals surface area contributed by atoms with Crippen LogP contribution in [0, 0.1) is 0 Å². The van der Waals surface area contributed by atoms with Gasteiger partial charge in [-0.25, -0.2) is 22.8 Å². The Kier molecular flexibility index (Phi) is 6.77. The SMILES string of the molecule is CCOP(=O)(OCC)OCC.O=P12OP3(=O)OP(=O)(O1)OP(=O)(O2)O3. The molecule has 14 nitrogen and oxygen atoms in total. The summed E-state index contributed by atoms with van der Waals surface area (Å²) in [4.78, 5) is 0. The zero-order chi connectivity index (χ0) is 19.0. The summed E-state index contributed by atoms with van der Waals surface area (Å²) in [6, 6.07) is 0. The Hall–Kier alpha value is 0.790. The molecule has 148 valence electrons. The van der Waals surface area contributed by atoms with Crippen molar-refractivity contribution in [1.29, 1.82) is 0 Å². The summed E-state index contributed by atoms with van der Waals surface area (Å²) in [6.07, 6.45) is 0. The first-order chi connectivity index (χ1) is 11.4. The van der Waals surface area contributed by atoms with E-state index in [1.807, 2.05) is 0 Å². The molecule has 0 atom stereocenters. The van der Waals surface area contributed by atoms with Crippen molar-refractivity contribution in [2.45, 2.75) is 20.8 Å². The van der Waals surface area contributed by atoms with Crippen LogP contribution >= 0.6 is 39.1 Å². The van der Waals surface area contributed by atoms with E-state index in [2.05, 4.69) is 25.9 Å². The lowest BCUT2D eigenvalue weighted by molar-refractivity contribution is 0.0908. The van der Waals surface area contributed by atoms with Crippen molar-refractivity contribution in [1.82, 2.24) is 0 Å². The second-order valence-electron chi connectivity index (χ2n) is 3.98. The maximum Gasteiger partial charge on any atom is 0.501 e. The average Bonchev–Trinajstić information content (AvgIpc) is 2.32. The van der Waals surface area contributed by atoms with E-state index in [1.54, 1.807) is 20.8 Å². The molecule has 0 amide bonds. The zero-order valence-corrected chi connectivity index (χ0v) is 17.5. The molecule has 0 aromatic carbocycles. The lowest BCUT2D eigenvalue weighted by Gasteiger charge is -2.41. The molecule has 4 heterocycles. The van der Waals surface area contributed by atoms with E-state index >= 15 is 0 Å².